The lowest BCUT2D eigenvalue weighted by molar-refractivity contribution is 0.204. The molecular formula is C31H36N2O3. The zero-order valence-electron chi connectivity index (χ0n) is 21.2. The summed E-state index contributed by atoms with van der Waals surface area (Å²) in [7, 11) is 0. The molecule has 0 unspecified atom stereocenters. The van der Waals surface area contributed by atoms with E-state index in [-0.39, 0.29) is 0 Å². The number of benzene rings is 4. The molecule has 0 amide bonds. The van der Waals surface area contributed by atoms with Crippen LogP contribution in [0.25, 0.3) is 11.1 Å². The van der Waals surface area contributed by atoms with Gasteiger partial charge in [0, 0.05) is 0 Å². The molecule has 0 fully saturated rings. The number of hydrogen-bond donors (Lipinski definition) is 2. The van der Waals surface area contributed by atoms with Crippen molar-refractivity contribution in [3.05, 3.63) is 114 Å². The van der Waals surface area contributed by atoms with E-state index >= 15 is 0 Å². The van der Waals surface area contributed by atoms with E-state index in [9.17, 15) is 0 Å². The Morgan fingerprint density at radius 2 is 1.19 bits per heavy atom. The molecule has 0 aliphatic carbocycles. The Kier molecular flexibility index (Phi) is 10.8. The first kappa shape index (κ1) is 26.8. The fourth-order valence-electron chi connectivity index (χ4n) is 3.84. The van der Waals surface area contributed by atoms with Gasteiger partial charge in [0.1, 0.15) is 25.6 Å². The lowest BCUT2D eigenvalue weighted by Crippen LogP contribution is -2.11. The molecule has 0 spiro atoms. The molecule has 4 rings (SSSR count). The van der Waals surface area contributed by atoms with Crippen LogP contribution in [0.4, 0.5) is 0 Å². The second kappa shape index (κ2) is 14.6. The van der Waals surface area contributed by atoms with Crippen molar-refractivity contribution in [1.82, 2.24) is 0 Å². The van der Waals surface area contributed by atoms with E-state index in [1.807, 2.05) is 42.5 Å². The van der Waals surface area contributed by atoms with E-state index in [1.54, 1.807) is 0 Å². The largest absolute Gasteiger partial charge is 0.490 e. The van der Waals surface area contributed by atoms with Gasteiger partial charge >= 0.3 is 0 Å². The number of rotatable bonds is 11. The topological polar surface area (TPSA) is 79.7 Å². The fourth-order valence-corrected chi connectivity index (χ4v) is 3.84. The summed E-state index contributed by atoms with van der Waals surface area (Å²) >= 11 is 0. The zero-order valence-corrected chi connectivity index (χ0v) is 21.2. The van der Waals surface area contributed by atoms with Crippen LogP contribution in [0.1, 0.15) is 30.0 Å². The molecule has 0 saturated carbocycles. The minimum absolute atomic E-state index is 0.441. The molecule has 0 aliphatic rings. The van der Waals surface area contributed by atoms with Gasteiger partial charge in [0.2, 0.25) is 0 Å². The molecule has 0 aliphatic heterocycles. The molecule has 5 heteroatoms. The van der Waals surface area contributed by atoms with Crippen LogP contribution in [-0.4, -0.2) is 13.2 Å². The summed E-state index contributed by atoms with van der Waals surface area (Å²) in [5.74, 6) is 10.4. The van der Waals surface area contributed by atoms with Crippen molar-refractivity contribution in [2.24, 2.45) is 11.7 Å². The van der Waals surface area contributed by atoms with Crippen LogP contribution < -0.4 is 25.9 Å². The van der Waals surface area contributed by atoms with Gasteiger partial charge in [-0.3, -0.25) is 11.7 Å². The van der Waals surface area contributed by atoms with Crippen LogP contribution in [0.15, 0.2) is 97.1 Å². The van der Waals surface area contributed by atoms with E-state index in [0.29, 0.717) is 19.8 Å². The summed E-state index contributed by atoms with van der Waals surface area (Å²) in [5, 5.41) is 0. The lowest BCUT2D eigenvalue weighted by Gasteiger charge is -2.15. The lowest BCUT2D eigenvalue weighted by atomic mass is 9.99. The van der Waals surface area contributed by atoms with E-state index in [4.69, 9.17) is 14.2 Å². The van der Waals surface area contributed by atoms with Crippen molar-refractivity contribution in [2.75, 3.05) is 13.2 Å². The average Bonchev–Trinajstić information content (AvgIpc) is 2.93. The first-order chi connectivity index (χ1) is 17.7. The molecule has 0 aromatic heterocycles. The molecule has 0 radical (unpaired) electrons. The Balaban J connectivity index is 0.00000176. The smallest absolute Gasteiger partial charge is 0.161 e. The number of nitrogens with two attached hydrogens (primary N) is 2. The van der Waals surface area contributed by atoms with Gasteiger partial charge in [0.15, 0.2) is 11.5 Å². The van der Waals surface area contributed by atoms with Gasteiger partial charge in [0.05, 0.1) is 0 Å². The number of para-hydroxylation sites is 2. The zero-order chi connectivity index (χ0) is 25.6. The van der Waals surface area contributed by atoms with Crippen LogP contribution in [0.2, 0.25) is 0 Å². The fraction of sp³-hybridized carbons (Fsp3) is 0.226. The molecule has 5 nitrogen and oxygen atoms in total. The summed E-state index contributed by atoms with van der Waals surface area (Å²) in [4.78, 5) is 0. The van der Waals surface area contributed by atoms with Crippen molar-refractivity contribution >= 4 is 0 Å². The van der Waals surface area contributed by atoms with Crippen LogP contribution in [0, 0.1) is 6.92 Å². The van der Waals surface area contributed by atoms with Crippen molar-refractivity contribution < 1.29 is 14.2 Å². The molecule has 0 heterocycles. The first-order valence-electron chi connectivity index (χ1n) is 12.3. The molecule has 4 aromatic carbocycles. The highest BCUT2D eigenvalue weighted by Crippen LogP contribution is 2.29. The van der Waals surface area contributed by atoms with Crippen molar-refractivity contribution in [3.8, 4) is 28.4 Å². The Bertz CT molecular complexity index is 1180. The number of hydrazine groups is 1. The summed E-state index contributed by atoms with van der Waals surface area (Å²) in [6.07, 6.45) is 2.04. The summed E-state index contributed by atoms with van der Waals surface area (Å²) < 4.78 is 18.1. The maximum atomic E-state index is 6.12. The highest BCUT2D eigenvalue weighted by Gasteiger charge is 2.08. The maximum absolute atomic E-state index is 6.12. The third-order valence-electron chi connectivity index (χ3n) is 5.65. The summed E-state index contributed by atoms with van der Waals surface area (Å²) in [6, 6.07) is 33.0. The second-order valence-corrected chi connectivity index (χ2v) is 8.36. The van der Waals surface area contributed by atoms with Gasteiger partial charge < -0.3 is 14.2 Å². The highest BCUT2D eigenvalue weighted by molar-refractivity contribution is 5.66. The van der Waals surface area contributed by atoms with Gasteiger partial charge in [-0.05, 0) is 59.9 Å². The normalized spacial score (nSPS) is 10.2. The third kappa shape index (κ3) is 7.87. The molecule has 4 N–H and O–H groups in total. The molecule has 4 aromatic rings. The quantitative estimate of drug-likeness (QED) is 0.145. The first-order valence-corrected chi connectivity index (χ1v) is 12.3. The van der Waals surface area contributed by atoms with Crippen LogP contribution in [0.3, 0.4) is 0 Å². The van der Waals surface area contributed by atoms with Crippen molar-refractivity contribution in [2.45, 2.75) is 33.3 Å². The van der Waals surface area contributed by atoms with Gasteiger partial charge in [-0.15, -0.1) is 0 Å². The predicted octanol–water partition coefficient (Wildman–Crippen LogP) is 6.47. The van der Waals surface area contributed by atoms with E-state index in [2.05, 4.69) is 80.1 Å². The standard InChI is InChI=1S/C31H32O3.H4N2/c1-3-9-28-22-27(26-16-14-24(2)15-17-26)18-19-29(28)32-20-21-33-30-12-7-8-13-31(30)34-23-25-10-5-4-6-11-25;1-2/h4-8,10-19,22H,3,9,20-21,23H2,1-2H3;1-2H2. The molecule has 0 bridgehead atoms. The molecule has 0 atom stereocenters. The summed E-state index contributed by atoms with van der Waals surface area (Å²) in [6.45, 7) is 5.72. The van der Waals surface area contributed by atoms with Gasteiger partial charge in [0.25, 0.3) is 0 Å². The minimum atomic E-state index is 0.441. The monoisotopic (exact) mass is 484 g/mol. The molecule has 36 heavy (non-hydrogen) atoms. The average molecular weight is 485 g/mol. The van der Waals surface area contributed by atoms with Gasteiger partial charge in [-0.25, -0.2) is 0 Å². The summed E-state index contributed by atoms with van der Waals surface area (Å²) in [5.41, 5.74) is 6.07. The maximum Gasteiger partial charge on any atom is 0.161 e. The molecular weight excluding hydrogens is 448 g/mol. The van der Waals surface area contributed by atoms with Crippen LogP contribution in [0.5, 0.6) is 17.2 Å². The Morgan fingerprint density at radius 1 is 0.611 bits per heavy atom. The van der Waals surface area contributed by atoms with Crippen molar-refractivity contribution in [3.63, 3.8) is 0 Å². The van der Waals surface area contributed by atoms with Crippen molar-refractivity contribution in [1.29, 1.82) is 0 Å². The molecule has 0 saturated heterocycles. The van der Waals surface area contributed by atoms with E-state index < -0.39 is 0 Å². The Labute approximate surface area is 214 Å². The van der Waals surface area contributed by atoms with Crippen LogP contribution in [-0.2, 0) is 13.0 Å². The minimum Gasteiger partial charge on any atom is -0.490 e. The second-order valence-electron chi connectivity index (χ2n) is 8.36. The number of ether oxygens (including phenoxy) is 3. The Morgan fingerprint density at radius 3 is 1.86 bits per heavy atom. The number of hydrogen-bond acceptors (Lipinski definition) is 5. The number of aryl methyl sites for hydroxylation is 2. The van der Waals surface area contributed by atoms with Gasteiger partial charge in [-0.1, -0.05) is 91.7 Å². The predicted molar refractivity (Wildman–Crippen MR) is 147 cm³/mol. The van der Waals surface area contributed by atoms with Crippen LogP contribution >= 0.6 is 0 Å². The van der Waals surface area contributed by atoms with E-state index in [0.717, 1.165) is 35.7 Å². The highest BCUT2D eigenvalue weighted by atomic mass is 16.5. The molecule has 188 valence electrons. The Hall–Kier alpha value is -3.80. The van der Waals surface area contributed by atoms with Gasteiger partial charge in [-0.2, -0.15) is 0 Å². The third-order valence-corrected chi connectivity index (χ3v) is 5.65. The van der Waals surface area contributed by atoms with E-state index in [1.165, 1.54) is 22.3 Å². The SMILES string of the molecule is CCCc1cc(-c2ccc(C)cc2)ccc1OCCOc1ccccc1OCc1ccccc1.NN.